The van der Waals surface area contributed by atoms with Crippen LogP contribution < -0.4 is 4.74 Å². The minimum Gasteiger partial charge on any atom is -0.491 e. The molecule has 1 aromatic heterocycles. The molecule has 2 aromatic carbocycles. The first-order valence-electron chi connectivity index (χ1n) is 9.98. The van der Waals surface area contributed by atoms with Gasteiger partial charge in [-0.25, -0.2) is 0 Å². The van der Waals surface area contributed by atoms with E-state index >= 15 is 0 Å². The van der Waals surface area contributed by atoms with Crippen molar-refractivity contribution in [2.75, 3.05) is 19.8 Å². The van der Waals surface area contributed by atoms with Crippen molar-refractivity contribution in [2.24, 2.45) is 0 Å². The van der Waals surface area contributed by atoms with E-state index in [1.807, 2.05) is 25.1 Å². The van der Waals surface area contributed by atoms with E-state index in [0.29, 0.717) is 13.2 Å². The van der Waals surface area contributed by atoms with E-state index in [9.17, 15) is 13.2 Å². The van der Waals surface area contributed by atoms with E-state index in [0.717, 1.165) is 69.8 Å². The third-order valence-electron chi connectivity index (χ3n) is 5.13. The van der Waals surface area contributed by atoms with Crippen molar-refractivity contribution in [1.82, 2.24) is 0 Å². The highest BCUT2D eigenvalue weighted by molar-refractivity contribution is 7.19. The molecule has 1 fully saturated rings. The minimum absolute atomic E-state index is 0.129. The van der Waals surface area contributed by atoms with Gasteiger partial charge in [-0.05, 0) is 62.1 Å². The molecule has 4 rings (SSSR count). The number of alkyl halides is 3. The molecule has 1 aliphatic rings. The Balaban J connectivity index is 1.44. The smallest absolute Gasteiger partial charge is 0.416 e. The second-order valence-corrected chi connectivity index (χ2v) is 8.54. The molecule has 0 aliphatic carbocycles. The van der Waals surface area contributed by atoms with Gasteiger partial charge >= 0.3 is 6.18 Å². The van der Waals surface area contributed by atoms with Crippen LogP contribution in [0.5, 0.6) is 5.75 Å². The lowest BCUT2D eigenvalue weighted by atomic mass is 10.0. The van der Waals surface area contributed by atoms with Crippen molar-refractivity contribution in [3.8, 4) is 16.9 Å². The molecule has 1 unspecified atom stereocenters. The summed E-state index contributed by atoms with van der Waals surface area (Å²) in [6, 6.07) is 11.2. The maximum Gasteiger partial charge on any atom is 0.416 e. The standard InChI is InChI=1S/C23H23F3O3S/c1-15-22(16-5-7-17(8-6-16)23(24,25)26)19-10-9-18(14-20(19)30-15)27-12-13-29-21-4-2-3-11-28-21/h5-10,14,21H,2-4,11-13H2,1H3. The van der Waals surface area contributed by atoms with Crippen molar-refractivity contribution >= 4 is 21.4 Å². The molecule has 160 valence electrons. The Labute approximate surface area is 177 Å². The predicted octanol–water partition coefficient (Wildman–Crippen LogP) is 6.82. The molecule has 0 saturated carbocycles. The molecular weight excluding hydrogens is 413 g/mol. The van der Waals surface area contributed by atoms with Crippen LogP contribution in [0.3, 0.4) is 0 Å². The lowest BCUT2D eigenvalue weighted by Crippen LogP contribution is -2.24. The molecule has 0 radical (unpaired) electrons. The lowest BCUT2D eigenvalue weighted by Gasteiger charge is -2.22. The summed E-state index contributed by atoms with van der Waals surface area (Å²) < 4.78 is 56.6. The highest BCUT2D eigenvalue weighted by Gasteiger charge is 2.30. The van der Waals surface area contributed by atoms with Crippen molar-refractivity contribution < 1.29 is 27.4 Å². The van der Waals surface area contributed by atoms with E-state index < -0.39 is 11.7 Å². The third-order valence-corrected chi connectivity index (χ3v) is 6.20. The van der Waals surface area contributed by atoms with Gasteiger partial charge in [0.1, 0.15) is 12.4 Å². The van der Waals surface area contributed by atoms with Gasteiger partial charge in [0.2, 0.25) is 0 Å². The quantitative estimate of drug-likeness (QED) is 0.397. The number of hydrogen-bond donors (Lipinski definition) is 0. The zero-order valence-electron chi connectivity index (χ0n) is 16.6. The van der Waals surface area contributed by atoms with Gasteiger partial charge in [-0.1, -0.05) is 12.1 Å². The largest absolute Gasteiger partial charge is 0.491 e. The summed E-state index contributed by atoms with van der Waals surface area (Å²) in [5, 5.41) is 1.01. The van der Waals surface area contributed by atoms with Gasteiger partial charge in [0.05, 0.1) is 12.2 Å². The molecule has 7 heteroatoms. The fourth-order valence-corrected chi connectivity index (χ4v) is 4.77. The van der Waals surface area contributed by atoms with Gasteiger partial charge in [-0.2, -0.15) is 13.2 Å². The van der Waals surface area contributed by atoms with Gasteiger partial charge in [0.25, 0.3) is 0 Å². The third kappa shape index (κ3) is 4.79. The summed E-state index contributed by atoms with van der Waals surface area (Å²) in [4.78, 5) is 1.06. The Morgan fingerprint density at radius 3 is 2.57 bits per heavy atom. The van der Waals surface area contributed by atoms with Crippen molar-refractivity contribution in [3.63, 3.8) is 0 Å². The molecule has 2 heterocycles. The Kier molecular flexibility index (Phi) is 6.32. The first-order chi connectivity index (χ1) is 14.4. The second-order valence-electron chi connectivity index (χ2n) is 7.28. The normalized spacial score (nSPS) is 17.4. The van der Waals surface area contributed by atoms with Crippen LogP contribution in [0.1, 0.15) is 29.7 Å². The molecule has 0 N–H and O–H groups in total. The lowest BCUT2D eigenvalue weighted by molar-refractivity contribution is -0.165. The topological polar surface area (TPSA) is 27.7 Å². The monoisotopic (exact) mass is 436 g/mol. The zero-order chi connectivity index (χ0) is 21.1. The molecule has 30 heavy (non-hydrogen) atoms. The summed E-state index contributed by atoms with van der Waals surface area (Å²) in [5.74, 6) is 0.746. The van der Waals surface area contributed by atoms with Gasteiger partial charge in [-0.3, -0.25) is 0 Å². The average Bonchev–Trinajstić information content (AvgIpc) is 3.06. The van der Waals surface area contributed by atoms with Crippen LogP contribution in [0.25, 0.3) is 21.2 Å². The molecule has 3 aromatic rings. The van der Waals surface area contributed by atoms with Crippen LogP contribution in [-0.2, 0) is 15.7 Å². The number of hydrogen-bond acceptors (Lipinski definition) is 4. The molecule has 1 saturated heterocycles. The van der Waals surface area contributed by atoms with Crippen LogP contribution in [-0.4, -0.2) is 26.1 Å². The fraction of sp³-hybridized carbons (Fsp3) is 0.391. The fourth-order valence-electron chi connectivity index (χ4n) is 3.66. The molecule has 1 atom stereocenters. The Hall–Kier alpha value is -2.09. The predicted molar refractivity (Wildman–Crippen MR) is 112 cm³/mol. The van der Waals surface area contributed by atoms with Crippen molar-refractivity contribution in [1.29, 1.82) is 0 Å². The van der Waals surface area contributed by atoms with Crippen LogP contribution in [0.15, 0.2) is 42.5 Å². The number of fused-ring (bicyclic) bond motifs is 1. The summed E-state index contributed by atoms with van der Waals surface area (Å²) >= 11 is 1.61. The summed E-state index contributed by atoms with van der Waals surface area (Å²) in [7, 11) is 0. The van der Waals surface area contributed by atoms with Crippen LogP contribution in [0, 0.1) is 6.92 Å². The zero-order valence-corrected chi connectivity index (χ0v) is 17.4. The number of halogens is 3. The van der Waals surface area contributed by atoms with Crippen LogP contribution in [0.4, 0.5) is 13.2 Å². The molecule has 3 nitrogen and oxygen atoms in total. The SMILES string of the molecule is Cc1sc2cc(OCCOC3CCCCO3)ccc2c1-c1ccc(C(F)(F)F)cc1. The summed E-state index contributed by atoms with van der Waals surface area (Å²) in [6.07, 6.45) is -1.32. The Bertz CT molecular complexity index is 989. The second kappa shape index (κ2) is 8.96. The minimum atomic E-state index is -4.33. The van der Waals surface area contributed by atoms with E-state index in [4.69, 9.17) is 14.2 Å². The van der Waals surface area contributed by atoms with E-state index in [1.54, 1.807) is 11.3 Å². The first-order valence-corrected chi connectivity index (χ1v) is 10.8. The summed E-state index contributed by atoms with van der Waals surface area (Å²) in [6.45, 7) is 3.63. The Morgan fingerprint density at radius 2 is 1.87 bits per heavy atom. The number of aryl methyl sites for hydroxylation is 1. The van der Waals surface area contributed by atoms with Crippen molar-refractivity contribution in [3.05, 3.63) is 52.9 Å². The van der Waals surface area contributed by atoms with E-state index in [-0.39, 0.29) is 6.29 Å². The maximum atomic E-state index is 12.8. The number of rotatable bonds is 6. The number of ether oxygens (including phenoxy) is 3. The van der Waals surface area contributed by atoms with E-state index in [2.05, 4.69) is 0 Å². The van der Waals surface area contributed by atoms with Crippen LogP contribution >= 0.6 is 11.3 Å². The maximum absolute atomic E-state index is 12.8. The molecular formula is C23H23F3O3S. The highest BCUT2D eigenvalue weighted by atomic mass is 32.1. The molecule has 0 amide bonds. The number of benzene rings is 2. The van der Waals surface area contributed by atoms with Gasteiger partial charge < -0.3 is 14.2 Å². The van der Waals surface area contributed by atoms with Gasteiger partial charge in [0, 0.05) is 27.1 Å². The van der Waals surface area contributed by atoms with Crippen LogP contribution in [0.2, 0.25) is 0 Å². The molecule has 1 aliphatic heterocycles. The van der Waals surface area contributed by atoms with Crippen molar-refractivity contribution in [2.45, 2.75) is 38.7 Å². The highest BCUT2D eigenvalue weighted by Crippen LogP contribution is 2.40. The van der Waals surface area contributed by atoms with Gasteiger partial charge in [-0.15, -0.1) is 11.3 Å². The van der Waals surface area contributed by atoms with Gasteiger partial charge in [0.15, 0.2) is 6.29 Å². The van der Waals surface area contributed by atoms with E-state index in [1.165, 1.54) is 12.1 Å². The first kappa shape index (κ1) is 21.2. The average molecular weight is 436 g/mol. The summed E-state index contributed by atoms with van der Waals surface area (Å²) in [5.41, 5.74) is 1.11. The number of thiophene rings is 1. The molecule has 0 bridgehead atoms. The molecule has 0 spiro atoms. The Morgan fingerprint density at radius 1 is 1.07 bits per heavy atom.